The molecule has 0 aliphatic heterocycles. The summed E-state index contributed by atoms with van der Waals surface area (Å²) >= 11 is 0. The number of aliphatic hydroxyl groups excluding tert-OH is 1. The molecule has 4 heteroatoms. The second-order valence-electron chi connectivity index (χ2n) is 4.88. The van der Waals surface area contributed by atoms with Crippen LogP contribution in [-0.4, -0.2) is 30.3 Å². The number of aliphatic hydroxyl groups is 1. The molecule has 2 N–H and O–H groups in total. The SMILES string of the molecule is CCOC(=O)CC(O)CNc1ccc2c(c1)CCC2. The molecule has 4 nitrogen and oxygen atoms in total. The minimum atomic E-state index is -0.715. The molecule has 1 aromatic carbocycles. The van der Waals surface area contributed by atoms with Gasteiger partial charge in [0, 0.05) is 12.2 Å². The zero-order chi connectivity index (χ0) is 13.7. The Kier molecular flexibility index (Phi) is 4.80. The van der Waals surface area contributed by atoms with Crippen LogP contribution in [0.5, 0.6) is 0 Å². The topological polar surface area (TPSA) is 58.6 Å². The molecular formula is C15H21NO3. The number of carbonyl (C=O) groups is 1. The summed E-state index contributed by atoms with van der Waals surface area (Å²) in [5.74, 6) is -0.356. The number of esters is 1. The van der Waals surface area contributed by atoms with Crippen molar-refractivity contribution in [2.75, 3.05) is 18.5 Å². The first-order valence-corrected chi connectivity index (χ1v) is 6.88. The van der Waals surface area contributed by atoms with Gasteiger partial charge in [-0.15, -0.1) is 0 Å². The monoisotopic (exact) mass is 263 g/mol. The van der Waals surface area contributed by atoms with E-state index in [1.54, 1.807) is 6.92 Å². The van der Waals surface area contributed by atoms with E-state index in [2.05, 4.69) is 17.4 Å². The van der Waals surface area contributed by atoms with E-state index in [0.717, 1.165) is 12.1 Å². The first-order chi connectivity index (χ1) is 9.19. The Morgan fingerprint density at radius 1 is 1.42 bits per heavy atom. The fourth-order valence-electron chi connectivity index (χ4n) is 2.40. The van der Waals surface area contributed by atoms with Crippen molar-refractivity contribution in [2.24, 2.45) is 0 Å². The molecule has 0 fully saturated rings. The van der Waals surface area contributed by atoms with E-state index in [1.165, 1.54) is 24.0 Å². The molecule has 0 radical (unpaired) electrons. The van der Waals surface area contributed by atoms with E-state index < -0.39 is 6.10 Å². The van der Waals surface area contributed by atoms with Gasteiger partial charge in [0.25, 0.3) is 0 Å². The third-order valence-electron chi connectivity index (χ3n) is 3.35. The van der Waals surface area contributed by atoms with Crippen molar-refractivity contribution in [2.45, 2.75) is 38.7 Å². The summed E-state index contributed by atoms with van der Waals surface area (Å²) < 4.78 is 4.80. The lowest BCUT2D eigenvalue weighted by molar-refractivity contribution is -0.145. The van der Waals surface area contributed by atoms with Gasteiger partial charge in [-0.3, -0.25) is 4.79 Å². The molecule has 1 atom stereocenters. The van der Waals surface area contributed by atoms with Crippen LogP contribution in [0.4, 0.5) is 5.69 Å². The van der Waals surface area contributed by atoms with Gasteiger partial charge in [0.1, 0.15) is 0 Å². The smallest absolute Gasteiger partial charge is 0.308 e. The lowest BCUT2D eigenvalue weighted by Gasteiger charge is -2.13. The van der Waals surface area contributed by atoms with Crippen LogP contribution in [0.2, 0.25) is 0 Å². The van der Waals surface area contributed by atoms with Crippen molar-refractivity contribution in [3.8, 4) is 0 Å². The average Bonchev–Trinajstić information content (AvgIpc) is 2.83. The second kappa shape index (κ2) is 6.57. The van der Waals surface area contributed by atoms with Gasteiger partial charge < -0.3 is 15.2 Å². The van der Waals surface area contributed by atoms with Gasteiger partial charge in [-0.1, -0.05) is 6.07 Å². The summed E-state index contributed by atoms with van der Waals surface area (Å²) in [5.41, 5.74) is 3.83. The summed E-state index contributed by atoms with van der Waals surface area (Å²) in [5, 5.41) is 12.9. The number of anilines is 1. The summed E-state index contributed by atoms with van der Waals surface area (Å²) in [6.45, 7) is 2.47. The van der Waals surface area contributed by atoms with Crippen molar-refractivity contribution in [1.29, 1.82) is 0 Å². The molecule has 0 heterocycles. The van der Waals surface area contributed by atoms with Crippen molar-refractivity contribution >= 4 is 11.7 Å². The summed E-state index contributed by atoms with van der Waals surface area (Å²) in [6, 6.07) is 6.31. The number of fused-ring (bicyclic) bond motifs is 1. The Labute approximate surface area is 113 Å². The molecule has 0 bridgehead atoms. The van der Waals surface area contributed by atoms with E-state index in [0.29, 0.717) is 13.2 Å². The molecule has 0 spiro atoms. The maximum Gasteiger partial charge on any atom is 0.308 e. The van der Waals surface area contributed by atoms with Gasteiger partial charge in [0.15, 0.2) is 0 Å². The molecule has 0 saturated heterocycles. The predicted octanol–water partition coefficient (Wildman–Crippen LogP) is 1.90. The maximum atomic E-state index is 11.2. The Morgan fingerprint density at radius 2 is 2.21 bits per heavy atom. The molecule has 0 aromatic heterocycles. The van der Waals surface area contributed by atoms with Gasteiger partial charge in [0.05, 0.1) is 19.1 Å². The number of hydrogen-bond acceptors (Lipinski definition) is 4. The number of benzene rings is 1. The average molecular weight is 263 g/mol. The van der Waals surface area contributed by atoms with Gasteiger partial charge in [0.2, 0.25) is 0 Å². The molecule has 1 aliphatic carbocycles. The standard InChI is InChI=1S/C15H21NO3/c1-2-19-15(18)9-14(17)10-16-13-7-6-11-4-3-5-12(11)8-13/h6-8,14,16-17H,2-5,9-10H2,1H3. The van der Waals surface area contributed by atoms with E-state index in [1.807, 2.05) is 6.07 Å². The molecular weight excluding hydrogens is 242 g/mol. The number of hydrogen-bond donors (Lipinski definition) is 2. The minimum absolute atomic E-state index is 0.0335. The number of rotatable bonds is 6. The van der Waals surface area contributed by atoms with Crippen LogP contribution in [-0.2, 0) is 22.4 Å². The number of ether oxygens (including phenoxy) is 1. The molecule has 0 saturated carbocycles. The van der Waals surface area contributed by atoms with Gasteiger partial charge >= 0.3 is 5.97 Å². The van der Waals surface area contributed by atoms with Crippen molar-refractivity contribution in [1.82, 2.24) is 0 Å². The molecule has 1 aromatic rings. The van der Waals surface area contributed by atoms with E-state index >= 15 is 0 Å². The van der Waals surface area contributed by atoms with Crippen molar-refractivity contribution in [3.63, 3.8) is 0 Å². The second-order valence-corrected chi connectivity index (χ2v) is 4.88. The van der Waals surface area contributed by atoms with E-state index in [9.17, 15) is 9.90 Å². The van der Waals surface area contributed by atoms with Crippen molar-refractivity contribution < 1.29 is 14.6 Å². The molecule has 104 valence electrons. The molecule has 19 heavy (non-hydrogen) atoms. The third-order valence-corrected chi connectivity index (χ3v) is 3.35. The lowest BCUT2D eigenvalue weighted by atomic mass is 10.1. The molecule has 2 rings (SSSR count). The number of nitrogens with one attached hydrogen (secondary N) is 1. The minimum Gasteiger partial charge on any atom is -0.466 e. The van der Waals surface area contributed by atoms with E-state index in [4.69, 9.17) is 4.74 Å². The van der Waals surface area contributed by atoms with Crippen LogP contribution in [0.15, 0.2) is 18.2 Å². The highest BCUT2D eigenvalue weighted by atomic mass is 16.5. The first-order valence-electron chi connectivity index (χ1n) is 6.88. The Hall–Kier alpha value is -1.55. The van der Waals surface area contributed by atoms with E-state index in [-0.39, 0.29) is 12.4 Å². The number of aryl methyl sites for hydroxylation is 2. The van der Waals surface area contributed by atoms with Crippen LogP contribution in [0, 0.1) is 0 Å². The Morgan fingerprint density at radius 3 is 3.00 bits per heavy atom. The van der Waals surface area contributed by atoms with Gasteiger partial charge in [-0.2, -0.15) is 0 Å². The summed E-state index contributed by atoms with van der Waals surface area (Å²) in [4.78, 5) is 11.2. The van der Waals surface area contributed by atoms with Crippen LogP contribution < -0.4 is 5.32 Å². The molecule has 1 unspecified atom stereocenters. The Bertz CT molecular complexity index is 445. The molecule has 0 amide bonds. The zero-order valence-electron chi connectivity index (χ0n) is 11.3. The maximum absolute atomic E-state index is 11.2. The highest BCUT2D eigenvalue weighted by molar-refractivity contribution is 5.70. The highest BCUT2D eigenvalue weighted by Crippen LogP contribution is 2.24. The van der Waals surface area contributed by atoms with Crippen LogP contribution in [0.1, 0.15) is 30.9 Å². The normalized spacial score (nSPS) is 14.8. The highest BCUT2D eigenvalue weighted by Gasteiger charge is 2.13. The fourth-order valence-corrected chi connectivity index (χ4v) is 2.40. The predicted molar refractivity (Wildman–Crippen MR) is 74.2 cm³/mol. The fraction of sp³-hybridized carbons (Fsp3) is 0.533. The van der Waals surface area contributed by atoms with Crippen LogP contribution in [0.3, 0.4) is 0 Å². The van der Waals surface area contributed by atoms with Gasteiger partial charge in [-0.05, 0) is 49.4 Å². The summed E-state index contributed by atoms with van der Waals surface area (Å²) in [7, 11) is 0. The quantitative estimate of drug-likeness (QED) is 0.770. The van der Waals surface area contributed by atoms with Gasteiger partial charge in [-0.25, -0.2) is 0 Å². The lowest BCUT2D eigenvalue weighted by Crippen LogP contribution is -2.23. The number of carbonyl (C=O) groups excluding carboxylic acids is 1. The van der Waals surface area contributed by atoms with Crippen LogP contribution >= 0.6 is 0 Å². The Balaban J connectivity index is 1.80. The van der Waals surface area contributed by atoms with Crippen molar-refractivity contribution in [3.05, 3.63) is 29.3 Å². The largest absolute Gasteiger partial charge is 0.466 e. The zero-order valence-corrected chi connectivity index (χ0v) is 11.3. The third kappa shape index (κ3) is 3.96. The molecule has 1 aliphatic rings. The summed E-state index contributed by atoms with van der Waals surface area (Å²) in [6.07, 6.45) is 2.85. The first kappa shape index (κ1) is 13.9. The van der Waals surface area contributed by atoms with Crippen LogP contribution in [0.25, 0.3) is 0 Å².